The fourth-order valence-electron chi connectivity index (χ4n) is 3.48. The molecule has 0 amide bonds. The van der Waals surface area contributed by atoms with E-state index in [1.165, 1.54) is 24.1 Å². The van der Waals surface area contributed by atoms with Crippen LogP contribution in [0, 0.1) is 30.6 Å². The summed E-state index contributed by atoms with van der Waals surface area (Å²) in [6.07, 6.45) is 1.50. The summed E-state index contributed by atoms with van der Waals surface area (Å²) in [7, 11) is 0. The van der Waals surface area contributed by atoms with Crippen LogP contribution in [-0.2, 0) is 5.75 Å². The summed E-state index contributed by atoms with van der Waals surface area (Å²) in [6.45, 7) is 9.30. The molecule has 0 spiro atoms. The maximum atomic E-state index is 13.6. The van der Waals surface area contributed by atoms with Gasteiger partial charge in [0.1, 0.15) is 41.3 Å². The normalized spacial score (nSPS) is 10.6. The Hall–Kier alpha value is -4.38. The number of oxazole rings is 1. The van der Waals surface area contributed by atoms with Crippen molar-refractivity contribution < 1.29 is 18.7 Å². The molecule has 8 nitrogen and oxygen atoms in total. The molecule has 4 aromatic rings. The van der Waals surface area contributed by atoms with E-state index in [1.807, 2.05) is 0 Å². The third-order valence-corrected chi connectivity index (χ3v) is 6.21. The van der Waals surface area contributed by atoms with Crippen molar-refractivity contribution in [3.63, 3.8) is 0 Å². The van der Waals surface area contributed by atoms with Crippen LogP contribution in [0.3, 0.4) is 0 Å². The molecule has 0 aliphatic carbocycles. The van der Waals surface area contributed by atoms with Gasteiger partial charge in [-0.15, -0.1) is 0 Å². The van der Waals surface area contributed by atoms with E-state index in [2.05, 4.69) is 20.9 Å². The van der Waals surface area contributed by atoms with E-state index >= 15 is 0 Å². The minimum atomic E-state index is -0.306. The molecule has 36 heavy (non-hydrogen) atoms. The second-order valence-electron chi connectivity index (χ2n) is 7.62. The summed E-state index contributed by atoms with van der Waals surface area (Å²) in [5.41, 5.74) is 9.16. The minimum Gasteiger partial charge on any atom is -0.491 e. The van der Waals surface area contributed by atoms with Crippen LogP contribution in [0.4, 0.5) is 15.9 Å². The summed E-state index contributed by atoms with van der Waals surface area (Å²) in [6, 6.07) is 13.6. The summed E-state index contributed by atoms with van der Waals surface area (Å²) >= 11 is 1.24. The number of halogens is 1. The van der Waals surface area contributed by atoms with Crippen LogP contribution in [0.2, 0.25) is 0 Å². The Kier molecular flexibility index (Phi) is 7.50. The van der Waals surface area contributed by atoms with Crippen molar-refractivity contribution in [3.05, 3.63) is 82.8 Å². The summed E-state index contributed by atoms with van der Waals surface area (Å²) in [5.74, 6) is 0.944. The Morgan fingerprint density at radius 1 is 1.22 bits per heavy atom. The number of anilines is 1. The predicted octanol–water partition coefficient (Wildman–Crippen LogP) is 5.52. The number of aliphatic hydroxyl groups is 1. The van der Waals surface area contributed by atoms with Crippen LogP contribution >= 0.6 is 11.8 Å². The molecule has 4 rings (SSSR count). The first-order valence-electron chi connectivity index (χ1n) is 10.7. The number of pyridine rings is 1. The zero-order valence-corrected chi connectivity index (χ0v) is 20.0. The molecule has 0 saturated heterocycles. The molecule has 0 saturated carbocycles. The van der Waals surface area contributed by atoms with Gasteiger partial charge < -0.3 is 20.0 Å². The smallest absolute Gasteiger partial charge is 0.236 e. The highest BCUT2D eigenvalue weighted by Crippen LogP contribution is 2.42. The highest BCUT2D eigenvalue weighted by molar-refractivity contribution is 7.98. The number of aliphatic hydroxyl groups excluding tert-OH is 1. The molecular formula is C26H20FN5O3S. The second kappa shape index (κ2) is 10.9. The highest BCUT2D eigenvalue weighted by atomic mass is 32.2. The molecular weight excluding hydrogens is 481 g/mol. The maximum Gasteiger partial charge on any atom is 0.236 e. The van der Waals surface area contributed by atoms with E-state index < -0.39 is 0 Å². The molecule has 3 N–H and O–H groups in total. The van der Waals surface area contributed by atoms with E-state index in [0.29, 0.717) is 50.4 Å². The van der Waals surface area contributed by atoms with Gasteiger partial charge in [-0.3, -0.25) is 0 Å². The average Bonchev–Trinajstić information content (AvgIpc) is 3.37. The number of nitrogen functional groups attached to an aromatic ring is 1. The SMILES string of the molecule is [C-]#[N+]c1c(N)nc(SCc2coc(-c3ccc(F)c(C)c3)n2)c(C#N)c1-c1ccc(OCCO)cc1. The lowest BCUT2D eigenvalue weighted by Gasteiger charge is -2.13. The molecule has 2 heterocycles. The van der Waals surface area contributed by atoms with Gasteiger partial charge in [0, 0.05) is 16.9 Å². The molecule has 180 valence electrons. The van der Waals surface area contributed by atoms with E-state index in [0.717, 1.165) is 0 Å². The Balaban J connectivity index is 1.63. The van der Waals surface area contributed by atoms with Gasteiger partial charge in [-0.05, 0) is 48.4 Å². The topological polar surface area (TPSA) is 123 Å². The largest absolute Gasteiger partial charge is 0.491 e. The maximum absolute atomic E-state index is 13.6. The zero-order chi connectivity index (χ0) is 25.7. The molecule has 0 unspecified atom stereocenters. The average molecular weight is 502 g/mol. The number of thioether (sulfide) groups is 1. The summed E-state index contributed by atoms with van der Waals surface area (Å²) in [5, 5.41) is 19.3. The van der Waals surface area contributed by atoms with Gasteiger partial charge in [0.25, 0.3) is 0 Å². The van der Waals surface area contributed by atoms with Crippen molar-refractivity contribution in [1.29, 1.82) is 5.26 Å². The van der Waals surface area contributed by atoms with Crippen molar-refractivity contribution in [3.8, 4) is 34.4 Å². The summed E-state index contributed by atoms with van der Waals surface area (Å²) in [4.78, 5) is 12.3. The number of benzene rings is 2. The number of ether oxygens (including phenoxy) is 1. The number of rotatable bonds is 8. The monoisotopic (exact) mass is 501 g/mol. The molecule has 0 radical (unpaired) electrons. The number of aromatic nitrogens is 2. The van der Waals surface area contributed by atoms with Crippen molar-refractivity contribution in [2.45, 2.75) is 17.7 Å². The molecule has 2 aromatic carbocycles. The lowest BCUT2D eigenvalue weighted by molar-refractivity contribution is 0.201. The third kappa shape index (κ3) is 5.15. The van der Waals surface area contributed by atoms with E-state index in [1.54, 1.807) is 43.3 Å². The van der Waals surface area contributed by atoms with Crippen molar-refractivity contribution in [1.82, 2.24) is 9.97 Å². The van der Waals surface area contributed by atoms with E-state index in [-0.39, 0.29) is 36.1 Å². The van der Waals surface area contributed by atoms with Gasteiger partial charge in [-0.2, -0.15) is 5.26 Å². The van der Waals surface area contributed by atoms with Crippen LogP contribution in [0.5, 0.6) is 5.75 Å². The molecule has 0 aliphatic heterocycles. The summed E-state index contributed by atoms with van der Waals surface area (Å²) < 4.78 is 24.5. The first kappa shape index (κ1) is 24.7. The van der Waals surface area contributed by atoms with Crippen molar-refractivity contribution in [2.24, 2.45) is 0 Å². The molecule has 0 bridgehead atoms. The molecule has 10 heteroatoms. The van der Waals surface area contributed by atoms with Crippen molar-refractivity contribution in [2.75, 3.05) is 18.9 Å². The van der Waals surface area contributed by atoms with Gasteiger partial charge in [-0.1, -0.05) is 23.9 Å². The van der Waals surface area contributed by atoms with E-state index in [4.69, 9.17) is 26.6 Å². The standard InChI is InChI=1S/C26H20FN5O3S/c1-15-11-17(5-8-21(15)27)25-31-18(13-35-25)14-36-26-20(12-28)22(23(30-2)24(29)32-26)16-3-6-19(7-4-16)34-10-9-33/h3-8,11,13,33H,9-10,14H2,1H3,(H2,29,32). The quantitative estimate of drug-likeness (QED) is 0.239. The van der Waals surface area contributed by atoms with Crippen molar-refractivity contribution >= 4 is 23.3 Å². The van der Waals surface area contributed by atoms with Crippen LogP contribution in [-0.4, -0.2) is 28.3 Å². The van der Waals surface area contributed by atoms with Gasteiger partial charge in [0.05, 0.1) is 24.4 Å². The Labute approximate surface area is 211 Å². The van der Waals surface area contributed by atoms with Gasteiger partial charge >= 0.3 is 0 Å². The number of hydrogen-bond donors (Lipinski definition) is 2. The fraction of sp³-hybridized carbons (Fsp3) is 0.154. The third-order valence-electron chi connectivity index (χ3n) is 5.21. The molecule has 0 fully saturated rings. The number of nitrogens with two attached hydrogens (primary N) is 1. The number of hydrogen-bond acceptors (Lipinski definition) is 8. The molecule has 0 aliphatic rings. The first-order chi connectivity index (χ1) is 17.4. The zero-order valence-electron chi connectivity index (χ0n) is 19.2. The van der Waals surface area contributed by atoms with Gasteiger partial charge in [0.2, 0.25) is 11.6 Å². The molecule has 2 aromatic heterocycles. The predicted molar refractivity (Wildman–Crippen MR) is 134 cm³/mol. The van der Waals surface area contributed by atoms with Crippen LogP contribution in [0.25, 0.3) is 27.4 Å². The highest BCUT2D eigenvalue weighted by Gasteiger charge is 2.21. The van der Waals surface area contributed by atoms with Crippen LogP contribution in [0.15, 0.2) is 58.2 Å². The van der Waals surface area contributed by atoms with E-state index in [9.17, 15) is 9.65 Å². The lowest BCUT2D eigenvalue weighted by Crippen LogP contribution is -2.02. The Morgan fingerprint density at radius 3 is 2.64 bits per heavy atom. The Bertz CT molecular complexity index is 1490. The minimum absolute atomic E-state index is 0.0183. The number of nitrogens with zero attached hydrogens (tertiary/aromatic N) is 4. The van der Waals surface area contributed by atoms with Gasteiger partial charge in [0.15, 0.2) is 0 Å². The Morgan fingerprint density at radius 2 is 1.97 bits per heavy atom. The lowest BCUT2D eigenvalue weighted by atomic mass is 10.00. The second-order valence-corrected chi connectivity index (χ2v) is 8.58. The fourth-order valence-corrected chi connectivity index (χ4v) is 4.35. The van der Waals surface area contributed by atoms with Gasteiger partial charge in [-0.25, -0.2) is 19.2 Å². The number of nitriles is 1. The first-order valence-corrected chi connectivity index (χ1v) is 11.7. The number of aryl methyl sites for hydroxylation is 1. The van der Waals surface area contributed by atoms with Crippen LogP contribution < -0.4 is 10.5 Å². The molecule has 0 atom stereocenters. The van der Waals surface area contributed by atoms with Crippen LogP contribution in [0.1, 0.15) is 16.8 Å².